The third-order valence-corrected chi connectivity index (χ3v) is 2.07. The number of aromatic nitrogens is 2. The fourth-order valence-electron chi connectivity index (χ4n) is 1.46. The Kier molecular flexibility index (Phi) is 2.40. The molecule has 0 aliphatic heterocycles. The quantitative estimate of drug-likeness (QED) is 0.788. The first kappa shape index (κ1) is 10.3. The lowest BCUT2D eigenvalue weighted by atomic mass is 10.1. The Balaban J connectivity index is 2.69. The number of anilines is 1. The molecule has 82 valence electrons. The molecule has 5 nitrogen and oxygen atoms in total. The number of nitrogens with two attached hydrogens (primary N) is 1. The minimum absolute atomic E-state index is 0.0182. The molecule has 0 fully saturated rings. The largest absolute Gasteiger partial charge is 0.481 e. The van der Waals surface area contributed by atoms with Crippen molar-refractivity contribution in [1.82, 2.24) is 9.97 Å². The summed E-state index contributed by atoms with van der Waals surface area (Å²) in [5, 5.41) is 9.06. The van der Waals surface area contributed by atoms with Crippen molar-refractivity contribution in [1.29, 1.82) is 0 Å². The van der Waals surface area contributed by atoms with Crippen molar-refractivity contribution in [3.63, 3.8) is 0 Å². The number of carbonyl (C=O) groups is 1. The lowest BCUT2D eigenvalue weighted by molar-refractivity contribution is -0.136. The van der Waals surface area contributed by atoms with Crippen LogP contribution in [0.3, 0.4) is 0 Å². The van der Waals surface area contributed by atoms with Gasteiger partial charge in [-0.3, -0.25) is 4.79 Å². The van der Waals surface area contributed by atoms with Crippen molar-refractivity contribution in [2.45, 2.75) is 6.42 Å². The van der Waals surface area contributed by atoms with Crippen LogP contribution in [0.4, 0.5) is 10.3 Å². The summed E-state index contributed by atoms with van der Waals surface area (Å²) in [6.07, 6.45) is -0.313. The monoisotopic (exact) mass is 221 g/mol. The number of fused-ring (bicyclic) bond motifs is 1. The Hall–Kier alpha value is -2.24. The highest BCUT2D eigenvalue weighted by molar-refractivity contribution is 5.85. The van der Waals surface area contributed by atoms with Crippen LogP contribution < -0.4 is 5.73 Å². The summed E-state index contributed by atoms with van der Waals surface area (Å²) in [5.41, 5.74) is 6.08. The van der Waals surface area contributed by atoms with Gasteiger partial charge in [-0.2, -0.15) is 0 Å². The second-order valence-electron chi connectivity index (χ2n) is 3.26. The first-order valence-electron chi connectivity index (χ1n) is 4.49. The average Bonchev–Trinajstić information content (AvgIpc) is 2.18. The SMILES string of the molecule is Nc1nc(CC(=O)O)c2cc(F)ccc2n1. The van der Waals surface area contributed by atoms with Gasteiger partial charge in [-0.05, 0) is 18.2 Å². The van der Waals surface area contributed by atoms with Crippen LogP contribution in [0.1, 0.15) is 5.69 Å². The van der Waals surface area contributed by atoms with Crippen LogP contribution in [0.5, 0.6) is 0 Å². The molecule has 6 heteroatoms. The van der Waals surface area contributed by atoms with E-state index in [0.717, 1.165) is 0 Å². The van der Waals surface area contributed by atoms with Crippen molar-refractivity contribution in [2.24, 2.45) is 0 Å². The number of nitrogens with zero attached hydrogens (tertiary/aromatic N) is 2. The lowest BCUT2D eigenvalue weighted by Crippen LogP contribution is -2.06. The van der Waals surface area contributed by atoms with E-state index in [1.54, 1.807) is 0 Å². The summed E-state index contributed by atoms with van der Waals surface area (Å²) in [5.74, 6) is -1.54. The molecule has 2 rings (SSSR count). The minimum Gasteiger partial charge on any atom is -0.481 e. The number of carboxylic acid groups (broad SMARTS) is 1. The van der Waals surface area contributed by atoms with E-state index in [1.807, 2.05) is 0 Å². The maximum atomic E-state index is 13.0. The van der Waals surface area contributed by atoms with E-state index in [1.165, 1.54) is 18.2 Å². The molecule has 0 radical (unpaired) electrons. The molecular weight excluding hydrogens is 213 g/mol. The van der Waals surface area contributed by atoms with E-state index >= 15 is 0 Å². The van der Waals surface area contributed by atoms with Gasteiger partial charge >= 0.3 is 5.97 Å². The number of benzene rings is 1. The summed E-state index contributed by atoms with van der Waals surface area (Å²) in [7, 11) is 0. The first-order valence-corrected chi connectivity index (χ1v) is 4.49. The number of hydrogen-bond donors (Lipinski definition) is 2. The Morgan fingerprint density at radius 3 is 2.88 bits per heavy atom. The number of aliphatic carboxylic acids is 1. The van der Waals surface area contributed by atoms with Gasteiger partial charge in [-0.25, -0.2) is 14.4 Å². The molecule has 3 N–H and O–H groups in total. The molecule has 0 atom stereocenters. The highest BCUT2D eigenvalue weighted by Crippen LogP contribution is 2.18. The Bertz CT molecular complexity index is 571. The van der Waals surface area contributed by atoms with Crippen LogP contribution >= 0.6 is 0 Å². The fourth-order valence-corrected chi connectivity index (χ4v) is 1.46. The molecule has 0 aliphatic rings. The van der Waals surface area contributed by atoms with E-state index in [-0.39, 0.29) is 18.1 Å². The average molecular weight is 221 g/mol. The summed E-state index contributed by atoms with van der Waals surface area (Å²) < 4.78 is 13.0. The predicted octanol–water partition coefficient (Wildman–Crippen LogP) is 0.978. The van der Waals surface area contributed by atoms with E-state index in [0.29, 0.717) is 10.9 Å². The number of nitrogen functional groups attached to an aromatic ring is 1. The summed E-state index contributed by atoms with van der Waals surface area (Å²) in [6, 6.07) is 3.88. The van der Waals surface area contributed by atoms with Crippen molar-refractivity contribution < 1.29 is 14.3 Å². The van der Waals surface area contributed by atoms with Gasteiger partial charge in [0.1, 0.15) is 5.82 Å². The maximum absolute atomic E-state index is 13.0. The molecule has 16 heavy (non-hydrogen) atoms. The number of carboxylic acids is 1. The van der Waals surface area contributed by atoms with Gasteiger partial charge in [0.25, 0.3) is 0 Å². The minimum atomic E-state index is -1.05. The van der Waals surface area contributed by atoms with Crippen LogP contribution in [0.25, 0.3) is 10.9 Å². The van der Waals surface area contributed by atoms with Crippen LogP contribution in [0.15, 0.2) is 18.2 Å². The van der Waals surface area contributed by atoms with Gasteiger partial charge in [-0.15, -0.1) is 0 Å². The van der Waals surface area contributed by atoms with Crippen LogP contribution in [-0.2, 0) is 11.2 Å². The third kappa shape index (κ3) is 1.90. The van der Waals surface area contributed by atoms with Gasteiger partial charge in [-0.1, -0.05) is 0 Å². The Morgan fingerprint density at radius 1 is 1.44 bits per heavy atom. The molecule has 2 aromatic rings. The topological polar surface area (TPSA) is 89.1 Å². The number of hydrogen-bond acceptors (Lipinski definition) is 4. The van der Waals surface area contributed by atoms with E-state index in [9.17, 15) is 9.18 Å². The zero-order chi connectivity index (χ0) is 11.7. The standard InChI is InChI=1S/C10H8FN3O2/c11-5-1-2-7-6(3-5)8(4-9(15)16)14-10(12)13-7/h1-3H,4H2,(H,15,16)(H2,12,13,14). The zero-order valence-electron chi connectivity index (χ0n) is 8.14. The van der Waals surface area contributed by atoms with Gasteiger partial charge in [0, 0.05) is 5.39 Å². The van der Waals surface area contributed by atoms with Crippen molar-refractivity contribution >= 4 is 22.8 Å². The molecule has 0 saturated heterocycles. The van der Waals surface area contributed by atoms with E-state index in [2.05, 4.69) is 9.97 Å². The molecular formula is C10H8FN3O2. The zero-order valence-corrected chi connectivity index (χ0v) is 8.14. The van der Waals surface area contributed by atoms with E-state index in [4.69, 9.17) is 10.8 Å². The number of halogens is 1. The van der Waals surface area contributed by atoms with Crippen LogP contribution in [0, 0.1) is 5.82 Å². The third-order valence-electron chi connectivity index (χ3n) is 2.07. The molecule has 0 spiro atoms. The van der Waals surface area contributed by atoms with Gasteiger partial charge < -0.3 is 10.8 Å². The van der Waals surface area contributed by atoms with Crippen LogP contribution in [-0.4, -0.2) is 21.0 Å². The molecule has 1 heterocycles. The highest BCUT2D eigenvalue weighted by Gasteiger charge is 2.10. The second-order valence-corrected chi connectivity index (χ2v) is 3.26. The molecule has 1 aromatic heterocycles. The molecule has 0 bridgehead atoms. The lowest BCUT2D eigenvalue weighted by Gasteiger charge is -2.04. The predicted molar refractivity (Wildman–Crippen MR) is 55.2 cm³/mol. The smallest absolute Gasteiger partial charge is 0.309 e. The second kappa shape index (κ2) is 3.73. The molecule has 0 saturated carbocycles. The Labute approximate surface area is 89.7 Å². The highest BCUT2D eigenvalue weighted by atomic mass is 19.1. The van der Waals surface area contributed by atoms with Gasteiger partial charge in [0.2, 0.25) is 5.95 Å². The normalized spacial score (nSPS) is 10.6. The van der Waals surface area contributed by atoms with Gasteiger partial charge in [0.15, 0.2) is 0 Å². The van der Waals surface area contributed by atoms with Crippen molar-refractivity contribution in [3.05, 3.63) is 29.7 Å². The molecule has 0 amide bonds. The first-order chi connectivity index (χ1) is 7.56. The summed E-state index contributed by atoms with van der Waals surface area (Å²) in [4.78, 5) is 18.3. The summed E-state index contributed by atoms with van der Waals surface area (Å²) >= 11 is 0. The molecule has 0 unspecified atom stereocenters. The van der Waals surface area contributed by atoms with Gasteiger partial charge in [0.05, 0.1) is 17.6 Å². The molecule has 0 aliphatic carbocycles. The van der Waals surface area contributed by atoms with Crippen molar-refractivity contribution in [3.8, 4) is 0 Å². The fraction of sp³-hybridized carbons (Fsp3) is 0.100. The summed E-state index contributed by atoms with van der Waals surface area (Å²) in [6.45, 7) is 0. The van der Waals surface area contributed by atoms with E-state index < -0.39 is 11.8 Å². The number of rotatable bonds is 2. The Morgan fingerprint density at radius 2 is 2.19 bits per heavy atom. The van der Waals surface area contributed by atoms with Crippen molar-refractivity contribution in [2.75, 3.05) is 5.73 Å². The van der Waals surface area contributed by atoms with Crippen LogP contribution in [0.2, 0.25) is 0 Å². The molecule has 1 aromatic carbocycles. The maximum Gasteiger partial charge on any atom is 0.309 e.